The molecule has 0 bridgehead atoms. The Morgan fingerprint density at radius 1 is 1.00 bits per heavy atom. The normalized spacial score (nSPS) is 13.3. The van der Waals surface area contributed by atoms with E-state index in [0.717, 1.165) is 16.7 Å². The second kappa shape index (κ2) is 11.3. The van der Waals surface area contributed by atoms with Crippen LogP contribution >= 0.6 is 0 Å². The molecule has 1 unspecified atom stereocenters. The van der Waals surface area contributed by atoms with Crippen molar-refractivity contribution in [2.75, 3.05) is 0 Å². The first kappa shape index (κ1) is 18.7. The molecular formula is C20H33NO. The van der Waals surface area contributed by atoms with Gasteiger partial charge >= 0.3 is 0 Å². The zero-order valence-corrected chi connectivity index (χ0v) is 14.7. The van der Waals surface area contributed by atoms with Gasteiger partial charge in [-0.1, -0.05) is 88.6 Å². The lowest BCUT2D eigenvalue weighted by Gasteiger charge is -2.09. The Labute approximate surface area is 136 Å². The first-order valence-electron chi connectivity index (χ1n) is 8.96. The molecule has 0 aromatic heterocycles. The van der Waals surface area contributed by atoms with Gasteiger partial charge in [-0.25, -0.2) is 4.74 Å². The molecule has 0 spiro atoms. The topological polar surface area (TPSA) is 26.1 Å². The Balaban J connectivity index is 2.19. The van der Waals surface area contributed by atoms with Crippen molar-refractivity contribution in [1.29, 1.82) is 0 Å². The van der Waals surface area contributed by atoms with Crippen molar-refractivity contribution >= 4 is 6.21 Å². The van der Waals surface area contributed by atoms with Gasteiger partial charge in [0.05, 0.1) is 0 Å². The Hall–Kier alpha value is -1.31. The summed E-state index contributed by atoms with van der Waals surface area (Å²) in [4.78, 5) is 0. The van der Waals surface area contributed by atoms with E-state index < -0.39 is 0 Å². The molecule has 1 rings (SSSR count). The Bertz CT molecular complexity index is 422. The first-order chi connectivity index (χ1) is 10.6. The lowest BCUT2D eigenvalue weighted by atomic mass is 10.0. The number of hydrogen-bond acceptors (Lipinski definition) is 1. The molecule has 1 atom stereocenters. The van der Waals surface area contributed by atoms with Crippen molar-refractivity contribution in [3.05, 3.63) is 40.6 Å². The highest BCUT2D eigenvalue weighted by Gasteiger charge is 2.05. The van der Waals surface area contributed by atoms with E-state index in [1.165, 1.54) is 50.5 Å². The molecule has 124 valence electrons. The van der Waals surface area contributed by atoms with Crippen molar-refractivity contribution in [3.63, 3.8) is 0 Å². The van der Waals surface area contributed by atoms with Crippen LogP contribution in [0.1, 0.15) is 76.3 Å². The van der Waals surface area contributed by atoms with Crippen molar-refractivity contribution in [1.82, 2.24) is 0 Å². The summed E-state index contributed by atoms with van der Waals surface area (Å²) in [6.07, 6.45) is 12.3. The molecule has 0 aliphatic rings. The summed E-state index contributed by atoms with van der Waals surface area (Å²) in [7, 11) is 0. The summed E-state index contributed by atoms with van der Waals surface area (Å²) in [6, 6.07) is 8.19. The lowest BCUT2D eigenvalue weighted by molar-refractivity contribution is -0.472. The summed E-state index contributed by atoms with van der Waals surface area (Å²) in [5.41, 5.74) is 2.32. The van der Waals surface area contributed by atoms with E-state index in [4.69, 9.17) is 0 Å². The van der Waals surface area contributed by atoms with Crippen LogP contribution in [0.15, 0.2) is 24.3 Å². The zero-order chi connectivity index (χ0) is 16.2. The standard InChI is InChI=1S/C20H33NO/c1-4-5-6-7-8-9-10-11-19(3)16-21(22)17-20-14-12-18(2)13-15-20/h12-16,19H,4-11,17H2,1-3H3/b21-16+. The summed E-state index contributed by atoms with van der Waals surface area (Å²) < 4.78 is 1.09. The van der Waals surface area contributed by atoms with Gasteiger partial charge < -0.3 is 5.21 Å². The van der Waals surface area contributed by atoms with Crippen LogP contribution in [0, 0.1) is 18.0 Å². The van der Waals surface area contributed by atoms with Gasteiger partial charge in [0.1, 0.15) is 0 Å². The van der Waals surface area contributed by atoms with E-state index in [0.29, 0.717) is 12.5 Å². The molecule has 0 aliphatic carbocycles. The predicted molar refractivity (Wildman–Crippen MR) is 96.3 cm³/mol. The van der Waals surface area contributed by atoms with Crippen LogP contribution in [0.25, 0.3) is 0 Å². The van der Waals surface area contributed by atoms with Gasteiger partial charge in [0.25, 0.3) is 0 Å². The quantitative estimate of drug-likeness (QED) is 0.165. The second-order valence-electron chi connectivity index (χ2n) is 6.60. The van der Waals surface area contributed by atoms with Crippen LogP contribution in [0.5, 0.6) is 0 Å². The highest BCUT2D eigenvalue weighted by molar-refractivity contribution is 5.54. The van der Waals surface area contributed by atoms with Crippen LogP contribution in [-0.4, -0.2) is 11.0 Å². The van der Waals surface area contributed by atoms with Crippen LogP contribution in [0.2, 0.25) is 0 Å². The largest absolute Gasteiger partial charge is 0.624 e. The number of hydroxylamine groups is 1. The van der Waals surface area contributed by atoms with Crippen molar-refractivity contribution in [2.45, 2.75) is 78.7 Å². The van der Waals surface area contributed by atoms with Gasteiger partial charge in [-0.3, -0.25) is 0 Å². The van der Waals surface area contributed by atoms with E-state index in [1.54, 1.807) is 0 Å². The number of aryl methyl sites for hydroxylation is 1. The van der Waals surface area contributed by atoms with Crippen molar-refractivity contribution in [3.8, 4) is 0 Å². The molecule has 0 saturated heterocycles. The van der Waals surface area contributed by atoms with Gasteiger partial charge in [-0.05, 0) is 13.3 Å². The Morgan fingerprint density at radius 3 is 2.23 bits per heavy atom. The van der Waals surface area contributed by atoms with Gasteiger partial charge in [-0.15, -0.1) is 0 Å². The third-order valence-corrected chi connectivity index (χ3v) is 4.14. The maximum Gasteiger partial charge on any atom is 0.178 e. The molecule has 0 radical (unpaired) electrons. The summed E-state index contributed by atoms with van der Waals surface area (Å²) in [5.74, 6) is 0.374. The number of hydrogen-bond donors (Lipinski definition) is 0. The molecule has 0 amide bonds. The van der Waals surface area contributed by atoms with E-state index in [-0.39, 0.29) is 0 Å². The third kappa shape index (κ3) is 8.86. The minimum atomic E-state index is 0.374. The van der Waals surface area contributed by atoms with Crippen LogP contribution < -0.4 is 0 Å². The van der Waals surface area contributed by atoms with Crippen LogP contribution in [-0.2, 0) is 6.54 Å². The molecule has 2 heteroatoms. The van der Waals surface area contributed by atoms with Gasteiger partial charge in [0.15, 0.2) is 12.8 Å². The Kier molecular flexibility index (Phi) is 9.61. The molecule has 0 aliphatic heterocycles. The van der Waals surface area contributed by atoms with Gasteiger partial charge in [0, 0.05) is 11.5 Å². The second-order valence-corrected chi connectivity index (χ2v) is 6.60. The molecular weight excluding hydrogens is 270 g/mol. The number of unbranched alkanes of at least 4 members (excludes halogenated alkanes) is 6. The zero-order valence-electron chi connectivity index (χ0n) is 14.7. The maximum absolute atomic E-state index is 12.0. The Morgan fingerprint density at radius 2 is 1.59 bits per heavy atom. The first-order valence-corrected chi connectivity index (χ1v) is 8.96. The minimum Gasteiger partial charge on any atom is -0.624 e. The SMILES string of the molecule is CCCCCCCCCC(C)/C=[N+](/[O-])Cc1ccc(C)cc1. The van der Waals surface area contributed by atoms with Gasteiger partial charge in [0.2, 0.25) is 0 Å². The fourth-order valence-corrected chi connectivity index (χ4v) is 2.71. The van der Waals surface area contributed by atoms with Crippen LogP contribution in [0.3, 0.4) is 0 Å². The summed E-state index contributed by atoms with van der Waals surface area (Å²) >= 11 is 0. The number of nitrogens with zero attached hydrogens (tertiary/aromatic N) is 1. The summed E-state index contributed by atoms with van der Waals surface area (Å²) in [5, 5.41) is 12.0. The predicted octanol–water partition coefficient (Wildman–Crippen LogP) is 5.85. The number of benzene rings is 1. The molecule has 1 aromatic carbocycles. The fourth-order valence-electron chi connectivity index (χ4n) is 2.71. The number of rotatable bonds is 11. The molecule has 0 heterocycles. The average molecular weight is 303 g/mol. The molecule has 1 aromatic rings. The molecule has 0 fully saturated rings. The molecule has 0 saturated carbocycles. The minimum absolute atomic E-state index is 0.374. The van der Waals surface area contributed by atoms with E-state index in [2.05, 4.69) is 32.9 Å². The molecule has 0 N–H and O–H groups in total. The maximum atomic E-state index is 12.0. The van der Waals surface area contributed by atoms with E-state index >= 15 is 0 Å². The van der Waals surface area contributed by atoms with Gasteiger partial charge in [-0.2, -0.15) is 0 Å². The lowest BCUT2D eigenvalue weighted by Crippen LogP contribution is -2.10. The monoisotopic (exact) mass is 303 g/mol. The van der Waals surface area contributed by atoms with Crippen molar-refractivity contribution in [2.24, 2.45) is 5.92 Å². The molecule has 2 nitrogen and oxygen atoms in total. The summed E-state index contributed by atoms with van der Waals surface area (Å²) in [6.45, 7) is 6.93. The highest BCUT2D eigenvalue weighted by Crippen LogP contribution is 2.12. The van der Waals surface area contributed by atoms with E-state index in [1.807, 2.05) is 18.3 Å². The fraction of sp³-hybridized carbons (Fsp3) is 0.650. The van der Waals surface area contributed by atoms with E-state index in [9.17, 15) is 5.21 Å². The van der Waals surface area contributed by atoms with Crippen LogP contribution in [0.4, 0.5) is 0 Å². The van der Waals surface area contributed by atoms with Crippen molar-refractivity contribution < 1.29 is 4.74 Å². The molecule has 22 heavy (non-hydrogen) atoms. The smallest absolute Gasteiger partial charge is 0.178 e. The third-order valence-electron chi connectivity index (χ3n) is 4.14. The highest BCUT2D eigenvalue weighted by atomic mass is 16.5. The average Bonchev–Trinajstić information content (AvgIpc) is 2.48.